The van der Waals surface area contributed by atoms with E-state index in [0.717, 1.165) is 12.8 Å². The van der Waals surface area contributed by atoms with Gasteiger partial charge in [0.1, 0.15) is 5.49 Å². The highest BCUT2D eigenvalue weighted by molar-refractivity contribution is 6.28. The maximum Gasteiger partial charge on any atom is 0.254 e. The Morgan fingerprint density at radius 1 is 1.74 bits per heavy atom. The standard InChI is InChI=1S/C12H17ClN4O2/c1-6-2-3-7(4-9(6)18)16-11-8(10(14)19)5-15-12(13)17-11/h5-7,9,18H,2-4H2,1H3,(H2,14,19)(H,15,16,17)/i5D. The Labute approximate surface area is 117 Å². The topological polar surface area (TPSA) is 104 Å². The van der Waals surface area contributed by atoms with Crippen LogP contribution in [0.4, 0.5) is 0 Å². The predicted molar refractivity (Wildman–Crippen MR) is 70.5 cm³/mol. The Morgan fingerprint density at radius 2 is 2.47 bits per heavy atom. The van der Waals surface area contributed by atoms with Gasteiger partial charge < -0.3 is 15.8 Å². The van der Waals surface area contributed by atoms with Crippen LogP contribution in [0.25, 0.3) is 0 Å². The van der Waals surface area contributed by atoms with Crippen LogP contribution in [0, 0.1) is 5.92 Å². The lowest BCUT2D eigenvalue weighted by Gasteiger charge is -2.28. The molecule has 1 saturated carbocycles. The quantitative estimate of drug-likeness (QED) is 0.693. The molecule has 0 saturated heterocycles. The van der Waals surface area contributed by atoms with Gasteiger partial charge >= 0.3 is 0 Å². The lowest BCUT2D eigenvalue weighted by atomic mass is 9.85. The predicted octanol–water partition coefficient (Wildman–Crippen LogP) is 0.612. The van der Waals surface area contributed by atoms with Crippen molar-refractivity contribution in [3.63, 3.8) is 0 Å². The Bertz CT molecular complexity index is 589. The van der Waals surface area contributed by atoms with E-state index in [1.807, 2.05) is 6.92 Å². The molecule has 3 unspecified atom stereocenters. The van der Waals surface area contributed by atoms with Crippen molar-refractivity contribution >= 4 is 17.5 Å². The van der Waals surface area contributed by atoms with E-state index in [1.165, 1.54) is 0 Å². The molecule has 1 aromatic rings. The van der Waals surface area contributed by atoms with Crippen molar-refractivity contribution in [1.29, 1.82) is 0 Å². The van der Waals surface area contributed by atoms with Crippen molar-refractivity contribution in [3.05, 3.63) is 22.5 Å². The number of primary amides is 1. The maximum absolute atomic E-state index is 11.4. The summed E-state index contributed by atoms with van der Waals surface area (Å²) in [6.45, 7) is 1.99. The normalized spacial score (nSPS) is 29.1. The number of rotatable bonds is 2. The third-order valence-corrected chi connectivity index (χ3v) is 3.59. The van der Waals surface area contributed by atoms with Crippen molar-refractivity contribution in [3.8, 4) is 0 Å². The molecule has 4 N–H and O–H groups in total. The van der Waals surface area contributed by atoms with Gasteiger partial charge in [-0.1, -0.05) is 6.92 Å². The lowest BCUT2D eigenvalue weighted by molar-refractivity contribution is 0.0704. The summed E-state index contributed by atoms with van der Waals surface area (Å²) >= 11 is 5.75. The number of hydrogen-bond donors (Lipinski definition) is 3. The van der Waals surface area contributed by atoms with E-state index in [0.29, 0.717) is 6.42 Å². The van der Waals surface area contributed by atoms with Crippen LogP contribution in [0.2, 0.25) is 5.28 Å². The highest BCUT2D eigenvalue weighted by Crippen LogP contribution is 2.25. The first-order chi connectivity index (χ1) is 9.38. The average Bonchev–Trinajstić information content (AvgIpc) is 2.32. The molecule has 19 heavy (non-hydrogen) atoms. The summed E-state index contributed by atoms with van der Waals surface area (Å²) in [4.78, 5) is 22.1. The Kier molecular flexibility index (Phi) is 3.79. The van der Waals surface area contributed by atoms with Gasteiger partial charge in [0.25, 0.3) is 5.91 Å². The molecule has 1 fully saturated rings. The van der Waals surface area contributed by atoms with Gasteiger partial charge in [-0.3, -0.25) is 9.79 Å². The molecule has 7 heteroatoms. The fourth-order valence-electron chi connectivity index (χ4n) is 2.19. The van der Waals surface area contributed by atoms with Crippen LogP contribution < -0.4 is 11.2 Å². The number of aromatic nitrogens is 2. The third-order valence-electron chi connectivity index (χ3n) is 3.41. The molecule has 0 spiro atoms. The van der Waals surface area contributed by atoms with Crippen LogP contribution in [0.3, 0.4) is 0 Å². The zero-order chi connectivity index (χ0) is 14.9. The van der Waals surface area contributed by atoms with Crippen LogP contribution in [0.15, 0.2) is 11.2 Å². The molecule has 1 aromatic heterocycles. The lowest BCUT2D eigenvalue weighted by Crippen LogP contribution is -2.32. The van der Waals surface area contributed by atoms with E-state index in [4.69, 9.17) is 18.7 Å². The van der Waals surface area contributed by atoms with Gasteiger partial charge in [0.05, 0.1) is 19.1 Å². The summed E-state index contributed by atoms with van der Waals surface area (Å²) in [5, 5.41) is 9.85. The second kappa shape index (κ2) is 5.71. The Hall–Kier alpha value is -1.40. The number of hydrogen-bond acceptors (Lipinski definition) is 4. The Morgan fingerprint density at radius 3 is 3.11 bits per heavy atom. The molecule has 1 amide bonds. The molecule has 0 aromatic carbocycles. The largest absolute Gasteiger partial charge is 0.393 e. The van der Waals surface area contributed by atoms with Gasteiger partial charge in [-0.25, -0.2) is 4.98 Å². The molecular formula is C12H17ClN4O2. The fourth-order valence-corrected chi connectivity index (χ4v) is 2.32. The number of halogens is 1. The first kappa shape index (κ1) is 12.6. The van der Waals surface area contributed by atoms with Crippen molar-refractivity contribution in [2.24, 2.45) is 16.6 Å². The van der Waals surface area contributed by atoms with Gasteiger partial charge in [-0.15, -0.1) is 0 Å². The van der Waals surface area contributed by atoms with Crippen molar-refractivity contribution in [1.82, 2.24) is 9.97 Å². The van der Waals surface area contributed by atoms with Crippen molar-refractivity contribution in [2.75, 3.05) is 0 Å². The minimum absolute atomic E-state index is 0.0246. The molecule has 104 valence electrons. The highest BCUT2D eigenvalue weighted by atomic mass is 35.5. The maximum atomic E-state index is 11.4. The van der Waals surface area contributed by atoms with E-state index < -0.39 is 12.0 Å². The molecule has 1 aliphatic rings. The van der Waals surface area contributed by atoms with Crippen LogP contribution in [-0.2, 0) is 0 Å². The summed E-state index contributed by atoms with van der Waals surface area (Å²) in [5.74, 6) is -0.535. The van der Waals surface area contributed by atoms with Gasteiger partial charge in [-0.05, 0) is 36.8 Å². The number of amides is 1. The smallest absolute Gasteiger partial charge is 0.254 e. The van der Waals surface area contributed by atoms with E-state index in [-0.39, 0.29) is 34.5 Å². The SMILES string of the molecule is [2H]c1nc(Cl)[nH]c(=NC2CCC(C)C(O)C2)c1C(N)=O. The number of carbonyl (C=O) groups excluding carboxylic acids is 1. The second-order valence-corrected chi connectivity index (χ2v) is 5.23. The molecule has 0 radical (unpaired) electrons. The third kappa shape index (κ3) is 3.33. The summed E-state index contributed by atoms with van der Waals surface area (Å²) in [5.41, 5.74) is 5.33. The molecule has 1 heterocycles. The molecule has 1 aliphatic carbocycles. The molecular weight excluding hydrogens is 268 g/mol. The number of nitrogens with two attached hydrogens (primary N) is 1. The fraction of sp³-hybridized carbons (Fsp3) is 0.583. The molecule has 3 atom stereocenters. The van der Waals surface area contributed by atoms with E-state index in [1.54, 1.807) is 0 Å². The zero-order valence-corrected chi connectivity index (χ0v) is 11.3. The zero-order valence-electron chi connectivity index (χ0n) is 11.6. The summed E-state index contributed by atoms with van der Waals surface area (Å²) in [7, 11) is 0. The van der Waals surface area contributed by atoms with Crippen LogP contribution in [0.5, 0.6) is 0 Å². The molecule has 2 rings (SSSR count). The first-order valence-corrected chi connectivity index (χ1v) is 6.54. The van der Waals surface area contributed by atoms with Crippen LogP contribution in [-0.4, -0.2) is 33.1 Å². The highest BCUT2D eigenvalue weighted by Gasteiger charge is 2.25. The molecule has 0 aliphatic heterocycles. The van der Waals surface area contributed by atoms with Gasteiger partial charge in [0.2, 0.25) is 5.28 Å². The minimum atomic E-state index is -0.779. The number of aromatic amines is 1. The summed E-state index contributed by atoms with van der Waals surface area (Å²) in [6.07, 6.45) is 1.46. The van der Waals surface area contributed by atoms with E-state index in [9.17, 15) is 9.90 Å². The number of nitrogens with one attached hydrogen (secondary N) is 1. The average molecular weight is 286 g/mol. The molecule has 0 bridgehead atoms. The minimum Gasteiger partial charge on any atom is -0.393 e. The van der Waals surface area contributed by atoms with Crippen molar-refractivity contribution < 1.29 is 11.3 Å². The number of aliphatic hydroxyl groups excluding tert-OH is 1. The molecule has 6 nitrogen and oxygen atoms in total. The van der Waals surface area contributed by atoms with Gasteiger partial charge in [0, 0.05) is 6.17 Å². The number of H-pyrrole nitrogens is 1. The van der Waals surface area contributed by atoms with Crippen LogP contribution in [0.1, 0.15) is 37.9 Å². The number of aliphatic hydroxyl groups is 1. The monoisotopic (exact) mass is 285 g/mol. The first-order valence-electron chi connectivity index (χ1n) is 6.66. The van der Waals surface area contributed by atoms with Crippen LogP contribution >= 0.6 is 11.6 Å². The van der Waals surface area contributed by atoms with Gasteiger partial charge in [-0.2, -0.15) is 0 Å². The number of carbonyl (C=O) groups is 1. The van der Waals surface area contributed by atoms with Crippen molar-refractivity contribution in [2.45, 2.75) is 38.3 Å². The number of nitrogens with zero attached hydrogens (tertiary/aromatic N) is 2. The summed E-state index contributed by atoms with van der Waals surface area (Å²) < 4.78 is 7.65. The summed E-state index contributed by atoms with van der Waals surface area (Å²) in [6, 6.07) is -0.131. The van der Waals surface area contributed by atoms with E-state index in [2.05, 4.69) is 15.0 Å². The Balaban J connectivity index is 2.41. The van der Waals surface area contributed by atoms with Gasteiger partial charge in [0.15, 0.2) is 0 Å². The second-order valence-electron chi connectivity index (χ2n) is 4.87. The van der Waals surface area contributed by atoms with E-state index >= 15 is 0 Å².